The molecule has 8 heteroatoms. The van der Waals surface area contributed by atoms with Crippen molar-refractivity contribution in [1.29, 1.82) is 0 Å². The van der Waals surface area contributed by atoms with Gasteiger partial charge in [-0.05, 0) is 54.1 Å². The van der Waals surface area contributed by atoms with Gasteiger partial charge in [-0.3, -0.25) is 4.57 Å². The summed E-state index contributed by atoms with van der Waals surface area (Å²) in [5.74, 6) is 0.851. The average molecular weight is 515 g/mol. The molecular weight excluding hydrogens is 490 g/mol. The fourth-order valence-corrected chi connectivity index (χ4v) is 5.23. The standard InChI is InChI=1S/C27H25ClF2N2O2S/c1-27(2,17-8-13-23(33-3)24(14-17)34-4)25-15-31-26(32(25)19-11-9-18(29)10-12-19)35-16-20-21(28)6-5-7-22(20)30/h5-15H,16H2,1-4H3. The largest absolute Gasteiger partial charge is 0.493 e. The minimum absolute atomic E-state index is 0.292. The van der Waals surface area contributed by atoms with Gasteiger partial charge in [0.1, 0.15) is 11.6 Å². The third-order valence-electron chi connectivity index (χ3n) is 5.97. The van der Waals surface area contributed by atoms with Crippen molar-refractivity contribution in [3.63, 3.8) is 0 Å². The van der Waals surface area contributed by atoms with Crippen LogP contribution in [0.2, 0.25) is 5.02 Å². The summed E-state index contributed by atoms with van der Waals surface area (Å²) in [7, 11) is 3.19. The van der Waals surface area contributed by atoms with Crippen LogP contribution >= 0.6 is 23.4 Å². The number of hydrogen-bond donors (Lipinski definition) is 0. The number of rotatable bonds is 8. The molecule has 1 heterocycles. The molecule has 0 radical (unpaired) electrons. The van der Waals surface area contributed by atoms with Crippen molar-refractivity contribution < 1.29 is 18.3 Å². The summed E-state index contributed by atoms with van der Waals surface area (Å²) in [4.78, 5) is 4.67. The molecule has 3 aromatic carbocycles. The number of hydrogen-bond acceptors (Lipinski definition) is 4. The lowest BCUT2D eigenvalue weighted by molar-refractivity contribution is 0.353. The molecule has 1 aromatic heterocycles. The van der Waals surface area contributed by atoms with Crippen LogP contribution < -0.4 is 9.47 Å². The molecule has 0 aliphatic rings. The van der Waals surface area contributed by atoms with Crippen LogP contribution in [0.1, 0.15) is 30.7 Å². The Morgan fingerprint density at radius 3 is 2.34 bits per heavy atom. The maximum atomic E-state index is 14.4. The molecule has 35 heavy (non-hydrogen) atoms. The van der Waals surface area contributed by atoms with E-state index in [0.29, 0.717) is 33.0 Å². The van der Waals surface area contributed by atoms with Crippen LogP contribution in [0.5, 0.6) is 11.5 Å². The van der Waals surface area contributed by atoms with Crippen LogP contribution in [0.25, 0.3) is 5.69 Å². The van der Waals surface area contributed by atoms with Gasteiger partial charge in [-0.15, -0.1) is 0 Å². The summed E-state index contributed by atoms with van der Waals surface area (Å²) in [5.41, 5.74) is 2.49. The second-order valence-corrected chi connectivity index (χ2v) is 9.77. The third-order valence-corrected chi connectivity index (χ3v) is 7.30. The minimum Gasteiger partial charge on any atom is -0.493 e. The van der Waals surface area contributed by atoms with Gasteiger partial charge in [0.15, 0.2) is 16.7 Å². The van der Waals surface area contributed by atoms with Crippen LogP contribution in [0, 0.1) is 11.6 Å². The van der Waals surface area contributed by atoms with Crippen LogP contribution in [0.3, 0.4) is 0 Å². The van der Waals surface area contributed by atoms with E-state index in [-0.39, 0.29) is 11.6 Å². The van der Waals surface area contributed by atoms with Crippen LogP contribution in [-0.4, -0.2) is 23.8 Å². The summed E-state index contributed by atoms with van der Waals surface area (Å²) >= 11 is 7.60. The van der Waals surface area contributed by atoms with Gasteiger partial charge < -0.3 is 9.47 Å². The van der Waals surface area contributed by atoms with Crippen molar-refractivity contribution in [3.05, 3.63) is 100 Å². The second kappa shape index (κ2) is 10.3. The zero-order valence-corrected chi connectivity index (χ0v) is 21.4. The highest BCUT2D eigenvalue weighted by Gasteiger charge is 2.30. The number of halogens is 3. The summed E-state index contributed by atoms with van der Waals surface area (Å²) in [5, 5.41) is 1.00. The van der Waals surface area contributed by atoms with Crippen molar-refractivity contribution in [2.45, 2.75) is 30.2 Å². The summed E-state index contributed by atoms with van der Waals surface area (Å²) in [6.07, 6.45) is 1.80. The first kappa shape index (κ1) is 25.1. The molecule has 0 bridgehead atoms. The SMILES string of the molecule is COc1ccc(C(C)(C)c2cnc(SCc3c(F)cccc3Cl)n2-c2ccc(F)cc2)cc1OC. The molecule has 4 rings (SSSR count). The number of aromatic nitrogens is 2. The van der Waals surface area contributed by atoms with E-state index in [1.165, 1.54) is 30.0 Å². The highest BCUT2D eigenvalue weighted by molar-refractivity contribution is 7.98. The molecule has 182 valence electrons. The molecule has 4 aromatic rings. The van der Waals surface area contributed by atoms with Gasteiger partial charge in [0.05, 0.1) is 26.1 Å². The zero-order chi connectivity index (χ0) is 25.2. The van der Waals surface area contributed by atoms with Gasteiger partial charge in [-0.2, -0.15) is 0 Å². The van der Waals surface area contributed by atoms with Gasteiger partial charge in [-0.1, -0.05) is 49.3 Å². The lowest BCUT2D eigenvalue weighted by Gasteiger charge is -2.28. The highest BCUT2D eigenvalue weighted by Crippen LogP contribution is 2.40. The smallest absolute Gasteiger partial charge is 0.173 e. The van der Waals surface area contributed by atoms with Gasteiger partial charge >= 0.3 is 0 Å². The van der Waals surface area contributed by atoms with Crippen LogP contribution in [0.15, 0.2) is 72.0 Å². The molecule has 4 nitrogen and oxygen atoms in total. The predicted molar refractivity (Wildman–Crippen MR) is 136 cm³/mol. The third kappa shape index (κ3) is 5.02. The summed E-state index contributed by atoms with van der Waals surface area (Å²) < 4.78 is 41.0. The first-order valence-electron chi connectivity index (χ1n) is 10.9. The van der Waals surface area contributed by atoms with E-state index in [9.17, 15) is 8.78 Å². The molecule has 0 atom stereocenters. The van der Waals surface area contributed by atoms with Crippen molar-refractivity contribution in [3.8, 4) is 17.2 Å². The van der Waals surface area contributed by atoms with Gasteiger partial charge in [-0.25, -0.2) is 13.8 Å². The van der Waals surface area contributed by atoms with E-state index < -0.39 is 5.41 Å². The fourth-order valence-electron chi connectivity index (χ4n) is 3.90. The van der Waals surface area contributed by atoms with Crippen molar-refractivity contribution in [1.82, 2.24) is 9.55 Å². The van der Waals surface area contributed by atoms with E-state index in [2.05, 4.69) is 18.8 Å². The maximum absolute atomic E-state index is 14.4. The van der Waals surface area contributed by atoms with E-state index in [1.54, 1.807) is 44.7 Å². The predicted octanol–water partition coefficient (Wildman–Crippen LogP) is 7.44. The Balaban J connectivity index is 1.80. The van der Waals surface area contributed by atoms with E-state index >= 15 is 0 Å². The Bertz CT molecular complexity index is 1320. The molecule has 0 fully saturated rings. The highest BCUT2D eigenvalue weighted by atomic mass is 35.5. The first-order chi connectivity index (χ1) is 16.8. The number of ether oxygens (including phenoxy) is 2. The number of benzene rings is 3. The lowest BCUT2D eigenvalue weighted by atomic mass is 9.81. The molecule has 0 spiro atoms. The van der Waals surface area contributed by atoms with Crippen molar-refractivity contribution in [2.24, 2.45) is 0 Å². The minimum atomic E-state index is -0.518. The Kier molecular flexibility index (Phi) is 7.38. The second-order valence-electron chi connectivity index (χ2n) is 8.42. The molecule has 0 aliphatic carbocycles. The Morgan fingerprint density at radius 2 is 1.69 bits per heavy atom. The topological polar surface area (TPSA) is 36.3 Å². The molecule has 0 amide bonds. The lowest BCUT2D eigenvalue weighted by Crippen LogP contribution is -2.23. The molecule has 0 saturated carbocycles. The molecule has 0 unspecified atom stereocenters. The van der Waals surface area contributed by atoms with Crippen molar-refractivity contribution in [2.75, 3.05) is 14.2 Å². The fraction of sp³-hybridized carbons (Fsp3) is 0.222. The number of thioether (sulfide) groups is 1. The summed E-state index contributed by atoms with van der Waals surface area (Å²) in [6.45, 7) is 4.15. The molecule has 0 aliphatic heterocycles. The van der Waals surface area contributed by atoms with Gasteiger partial charge in [0.2, 0.25) is 0 Å². The number of nitrogens with zero attached hydrogens (tertiary/aromatic N) is 2. The Hall–Kier alpha value is -3.03. The van der Waals surface area contributed by atoms with Crippen LogP contribution in [0.4, 0.5) is 8.78 Å². The quantitative estimate of drug-likeness (QED) is 0.229. The number of imidazole rings is 1. The number of methoxy groups -OCH3 is 2. The Labute approximate surface area is 212 Å². The van der Waals surface area contributed by atoms with Gasteiger partial charge in [0, 0.05) is 27.4 Å². The Morgan fingerprint density at radius 1 is 0.971 bits per heavy atom. The zero-order valence-electron chi connectivity index (χ0n) is 19.8. The normalized spacial score (nSPS) is 11.5. The molecular formula is C27H25ClF2N2O2S. The average Bonchev–Trinajstić information content (AvgIpc) is 3.28. The molecule has 0 saturated heterocycles. The van der Waals surface area contributed by atoms with Crippen LogP contribution in [-0.2, 0) is 11.2 Å². The first-order valence-corrected chi connectivity index (χ1v) is 12.2. The van der Waals surface area contributed by atoms with Crippen molar-refractivity contribution >= 4 is 23.4 Å². The van der Waals surface area contributed by atoms with E-state index in [1.807, 2.05) is 22.8 Å². The van der Waals surface area contributed by atoms with E-state index in [4.69, 9.17) is 21.1 Å². The monoisotopic (exact) mass is 514 g/mol. The molecule has 0 N–H and O–H groups in total. The summed E-state index contributed by atoms with van der Waals surface area (Å²) in [6, 6.07) is 16.6. The van der Waals surface area contributed by atoms with Gasteiger partial charge in [0.25, 0.3) is 0 Å². The maximum Gasteiger partial charge on any atom is 0.173 e. The van der Waals surface area contributed by atoms with E-state index in [0.717, 1.165) is 16.9 Å².